The predicted octanol–water partition coefficient (Wildman–Crippen LogP) is 6.93. The van der Waals surface area contributed by atoms with E-state index >= 15 is 0 Å². The van der Waals surface area contributed by atoms with Gasteiger partial charge in [0, 0.05) is 22.0 Å². The van der Waals surface area contributed by atoms with E-state index in [0.717, 1.165) is 4.68 Å². The van der Waals surface area contributed by atoms with Crippen LogP contribution in [0.5, 0.6) is 11.5 Å². The van der Waals surface area contributed by atoms with E-state index in [1.165, 1.54) is 30.5 Å². The van der Waals surface area contributed by atoms with Crippen LogP contribution in [0.2, 0.25) is 5.02 Å². The molecule has 0 fully saturated rings. The third-order valence-corrected chi connectivity index (χ3v) is 7.15. The molecule has 12 nitrogen and oxygen atoms in total. The van der Waals surface area contributed by atoms with E-state index in [1.54, 1.807) is 67.6 Å². The number of nitrogens with zero attached hydrogens (tertiary/aromatic N) is 4. The Labute approximate surface area is 264 Å². The van der Waals surface area contributed by atoms with Crippen molar-refractivity contribution in [2.24, 2.45) is 5.10 Å². The molecule has 1 N–H and O–H groups in total. The zero-order valence-electron chi connectivity index (χ0n) is 24.0. The third kappa shape index (κ3) is 6.01. The number of carboxylic acid groups (broad SMARTS) is 1. The average Bonchev–Trinajstić information content (AvgIpc) is 3.47. The van der Waals surface area contributed by atoms with Crippen LogP contribution in [0.3, 0.4) is 0 Å². The topological polar surface area (TPSA) is 159 Å². The van der Waals surface area contributed by atoms with Crippen molar-refractivity contribution < 1.29 is 28.7 Å². The molecule has 0 spiro atoms. The van der Waals surface area contributed by atoms with Gasteiger partial charge < -0.3 is 19.0 Å². The molecule has 2 heterocycles. The number of ether oxygens (including phenoxy) is 2. The summed E-state index contributed by atoms with van der Waals surface area (Å²) in [5.41, 5.74) is 1.02. The molecular formula is C33H23ClN4O8. The maximum absolute atomic E-state index is 13.7. The van der Waals surface area contributed by atoms with Crippen molar-refractivity contribution in [3.63, 3.8) is 0 Å². The first-order chi connectivity index (χ1) is 22.2. The number of hydrogen-bond donors (Lipinski definition) is 1. The van der Waals surface area contributed by atoms with Crippen molar-refractivity contribution in [2.45, 2.75) is 13.5 Å². The lowest BCUT2D eigenvalue weighted by molar-refractivity contribution is -0.386. The molecule has 0 aliphatic rings. The minimum Gasteiger partial charge on any atom is -0.490 e. The fraction of sp³-hybridized carbons (Fsp3) is 0.0909. The van der Waals surface area contributed by atoms with Crippen LogP contribution in [0, 0.1) is 10.1 Å². The lowest BCUT2D eigenvalue weighted by Gasteiger charge is -2.13. The second-order valence-electron chi connectivity index (χ2n) is 9.96. The molecule has 13 heteroatoms. The number of aromatic carboxylic acids is 1. The third-order valence-electron chi connectivity index (χ3n) is 6.91. The number of halogens is 1. The Balaban J connectivity index is 1.41. The molecule has 0 unspecified atom stereocenters. The van der Waals surface area contributed by atoms with Gasteiger partial charge in [0.2, 0.25) is 11.6 Å². The monoisotopic (exact) mass is 638 g/mol. The number of hydrogen-bond acceptors (Lipinski definition) is 9. The maximum Gasteiger partial charge on any atom is 0.335 e. The summed E-state index contributed by atoms with van der Waals surface area (Å²) in [4.78, 5) is 41.0. The molecule has 2 aromatic heterocycles. The summed E-state index contributed by atoms with van der Waals surface area (Å²) in [6, 6.07) is 22.3. The highest BCUT2D eigenvalue weighted by Crippen LogP contribution is 2.39. The molecule has 230 valence electrons. The van der Waals surface area contributed by atoms with Gasteiger partial charge in [-0.25, -0.2) is 9.78 Å². The van der Waals surface area contributed by atoms with E-state index in [2.05, 4.69) is 10.1 Å². The first-order valence-corrected chi connectivity index (χ1v) is 14.3. The van der Waals surface area contributed by atoms with Gasteiger partial charge in [0.25, 0.3) is 5.56 Å². The number of aromatic nitrogens is 2. The second-order valence-corrected chi connectivity index (χ2v) is 10.4. The first-order valence-electron chi connectivity index (χ1n) is 13.9. The van der Waals surface area contributed by atoms with Crippen LogP contribution in [0.4, 0.5) is 5.69 Å². The summed E-state index contributed by atoms with van der Waals surface area (Å²) in [5.74, 6) is -0.731. The van der Waals surface area contributed by atoms with E-state index in [9.17, 15) is 19.7 Å². The molecule has 0 saturated heterocycles. The Bertz CT molecular complexity index is 2220. The normalized spacial score (nSPS) is 11.3. The summed E-state index contributed by atoms with van der Waals surface area (Å²) < 4.78 is 18.6. The molecule has 0 amide bonds. The Morgan fingerprint density at radius 3 is 2.61 bits per heavy atom. The van der Waals surface area contributed by atoms with E-state index < -0.39 is 22.1 Å². The van der Waals surface area contributed by atoms with Crippen LogP contribution in [0.1, 0.15) is 28.4 Å². The van der Waals surface area contributed by atoms with Gasteiger partial charge in [0.1, 0.15) is 12.2 Å². The second kappa shape index (κ2) is 12.5. The molecule has 0 saturated carbocycles. The van der Waals surface area contributed by atoms with Gasteiger partial charge in [-0.15, -0.1) is 0 Å². The molecule has 4 aromatic carbocycles. The van der Waals surface area contributed by atoms with Crippen molar-refractivity contribution in [3.8, 4) is 23.1 Å². The van der Waals surface area contributed by atoms with Gasteiger partial charge in [-0.1, -0.05) is 35.9 Å². The molecular weight excluding hydrogens is 616 g/mol. The van der Waals surface area contributed by atoms with Crippen molar-refractivity contribution in [1.29, 1.82) is 0 Å². The number of carboxylic acids is 1. The number of fused-ring (bicyclic) bond motifs is 2. The Kier molecular flexibility index (Phi) is 8.19. The van der Waals surface area contributed by atoms with Gasteiger partial charge in [0.15, 0.2) is 11.5 Å². The predicted molar refractivity (Wildman–Crippen MR) is 171 cm³/mol. The van der Waals surface area contributed by atoms with Crippen LogP contribution in [0.25, 0.3) is 33.5 Å². The minimum absolute atomic E-state index is 0.0821. The largest absolute Gasteiger partial charge is 0.490 e. The van der Waals surface area contributed by atoms with E-state index in [1.807, 2.05) is 0 Å². The fourth-order valence-electron chi connectivity index (χ4n) is 4.76. The number of benzene rings is 4. The Morgan fingerprint density at radius 2 is 1.87 bits per heavy atom. The summed E-state index contributed by atoms with van der Waals surface area (Å²) in [6.45, 7) is 1.81. The van der Waals surface area contributed by atoms with E-state index in [4.69, 9.17) is 30.6 Å². The fourth-order valence-corrected chi connectivity index (χ4v) is 4.94. The highest BCUT2D eigenvalue weighted by atomic mass is 35.5. The molecule has 0 radical (unpaired) electrons. The van der Waals surface area contributed by atoms with Crippen molar-refractivity contribution in [1.82, 2.24) is 9.66 Å². The summed E-state index contributed by atoms with van der Waals surface area (Å²) in [7, 11) is 0. The average molecular weight is 639 g/mol. The number of nitro benzene ring substituents is 1. The summed E-state index contributed by atoms with van der Waals surface area (Å²) in [6.07, 6.45) is 1.28. The molecule has 0 atom stereocenters. The zero-order valence-corrected chi connectivity index (χ0v) is 24.8. The molecule has 6 aromatic rings. The molecule has 6 rings (SSSR count). The van der Waals surface area contributed by atoms with Crippen LogP contribution < -0.4 is 15.0 Å². The quantitative estimate of drug-likeness (QED) is 0.0953. The molecule has 0 bridgehead atoms. The number of rotatable bonds is 10. The lowest BCUT2D eigenvalue weighted by Crippen LogP contribution is -2.20. The van der Waals surface area contributed by atoms with Crippen LogP contribution in [-0.4, -0.2) is 38.5 Å². The van der Waals surface area contributed by atoms with Gasteiger partial charge >= 0.3 is 11.7 Å². The van der Waals surface area contributed by atoms with Crippen LogP contribution >= 0.6 is 11.6 Å². The highest BCUT2D eigenvalue weighted by molar-refractivity contribution is 6.31. The van der Waals surface area contributed by atoms with Gasteiger partial charge in [-0.2, -0.15) is 9.78 Å². The molecule has 0 aliphatic heterocycles. The van der Waals surface area contributed by atoms with Gasteiger partial charge in [0.05, 0.1) is 34.2 Å². The number of nitro groups is 1. The van der Waals surface area contributed by atoms with Crippen molar-refractivity contribution >= 4 is 51.3 Å². The summed E-state index contributed by atoms with van der Waals surface area (Å²) >= 11 is 6.15. The smallest absolute Gasteiger partial charge is 0.335 e. The van der Waals surface area contributed by atoms with Crippen LogP contribution in [0.15, 0.2) is 99.2 Å². The lowest BCUT2D eigenvalue weighted by atomic mass is 10.1. The maximum atomic E-state index is 13.7. The van der Waals surface area contributed by atoms with Gasteiger partial charge in [-0.3, -0.25) is 14.9 Å². The standard InChI is InChI=1S/C33H23ClN4O8/c1-2-44-28-14-20(13-26(38(42)43)30(28)45-18-19-7-9-21(10-8-19)33(40)41)17-35-37-31(36-25-6-4-3-5-24(25)32(37)39)29-16-22-15-23(34)11-12-27(22)46-29/h3-17H,2,18H2,1H3,(H,40,41). The number of furan rings is 1. The van der Waals surface area contributed by atoms with Gasteiger partial charge in [-0.05, 0) is 67.1 Å². The number of carbonyl (C=O) groups is 1. The highest BCUT2D eigenvalue weighted by Gasteiger charge is 2.23. The first kappa shape index (κ1) is 30.0. The number of para-hydroxylation sites is 1. The summed E-state index contributed by atoms with van der Waals surface area (Å²) in [5, 5.41) is 27.2. The Hall–Kier alpha value is -6.01. The van der Waals surface area contributed by atoms with Crippen LogP contribution in [-0.2, 0) is 6.61 Å². The van der Waals surface area contributed by atoms with E-state index in [0.29, 0.717) is 32.5 Å². The van der Waals surface area contributed by atoms with Crippen molar-refractivity contribution in [3.05, 3.63) is 127 Å². The SMILES string of the molecule is CCOc1cc(C=Nn2c(-c3cc4cc(Cl)ccc4o3)nc3ccccc3c2=O)cc([N+](=O)[O-])c1OCc1ccc(C(=O)O)cc1. The zero-order chi connectivity index (χ0) is 32.4. The molecule has 0 aliphatic carbocycles. The molecule has 46 heavy (non-hydrogen) atoms. The van der Waals surface area contributed by atoms with Crippen molar-refractivity contribution in [2.75, 3.05) is 6.61 Å². The minimum atomic E-state index is -1.07. The van der Waals surface area contributed by atoms with E-state index in [-0.39, 0.29) is 47.4 Å². The Morgan fingerprint density at radius 1 is 1.09 bits per heavy atom.